The third-order valence-electron chi connectivity index (χ3n) is 6.88. The number of nitrogens with one attached hydrogen (secondary N) is 3. The number of hydrogen-bond donors (Lipinski definition) is 4. The molecule has 0 fully saturated rings. The molecule has 0 aliphatic heterocycles. The lowest BCUT2D eigenvalue weighted by Gasteiger charge is -2.23. The Morgan fingerprint density at radius 1 is 0.659 bits per heavy atom. The molecule has 216 valence electrons. The smallest absolute Gasteiger partial charge is 0.0802 e. The molecule has 2 heterocycles. The highest BCUT2D eigenvalue weighted by Crippen LogP contribution is 2.18. The lowest BCUT2D eigenvalue weighted by molar-refractivity contribution is 0.167. The molecule has 0 spiro atoms. The molecule has 4 aromatic rings. The van der Waals surface area contributed by atoms with Crippen LogP contribution in [0.15, 0.2) is 97.3 Å². The van der Waals surface area contributed by atoms with Crippen LogP contribution in [0, 0.1) is 0 Å². The van der Waals surface area contributed by atoms with Crippen molar-refractivity contribution in [2.24, 2.45) is 0 Å². The van der Waals surface area contributed by atoms with Gasteiger partial charge in [0, 0.05) is 69.8 Å². The third kappa shape index (κ3) is 11.7. The van der Waals surface area contributed by atoms with Gasteiger partial charge in [0.25, 0.3) is 0 Å². The normalized spacial score (nSPS) is 12.1. The molecule has 0 amide bonds. The predicted octanol–water partition coefficient (Wildman–Crippen LogP) is 4.72. The zero-order valence-electron chi connectivity index (χ0n) is 23.6. The van der Waals surface area contributed by atoms with Gasteiger partial charge in [0.1, 0.15) is 0 Å². The van der Waals surface area contributed by atoms with Crippen molar-refractivity contribution in [3.8, 4) is 0 Å². The van der Waals surface area contributed by atoms with E-state index in [1.807, 2.05) is 73.1 Å². The number of aliphatic hydroxyl groups excluding tert-OH is 1. The van der Waals surface area contributed by atoms with Crippen molar-refractivity contribution in [3.63, 3.8) is 0 Å². The monoisotopic (exact) mass is 572 g/mol. The van der Waals surface area contributed by atoms with E-state index in [2.05, 4.69) is 55.1 Å². The van der Waals surface area contributed by atoms with E-state index >= 15 is 0 Å². The maximum Gasteiger partial charge on any atom is 0.0802 e. The van der Waals surface area contributed by atoms with Crippen LogP contribution < -0.4 is 16.0 Å². The molecular weight excluding hydrogens is 532 g/mol. The average molecular weight is 573 g/mol. The van der Waals surface area contributed by atoms with Gasteiger partial charge in [-0.2, -0.15) is 0 Å². The summed E-state index contributed by atoms with van der Waals surface area (Å²) in [5.41, 5.74) is 5.53. The number of pyridine rings is 2. The summed E-state index contributed by atoms with van der Waals surface area (Å²) in [6.45, 7) is 7.59. The maximum atomic E-state index is 10.4. The predicted molar refractivity (Wildman–Crippen MR) is 166 cm³/mol. The number of aliphatic hydroxyl groups is 1. The Balaban J connectivity index is 1.20. The van der Waals surface area contributed by atoms with E-state index < -0.39 is 6.10 Å². The van der Waals surface area contributed by atoms with Gasteiger partial charge in [0.15, 0.2) is 0 Å². The summed E-state index contributed by atoms with van der Waals surface area (Å²) in [5, 5.41) is 21.6. The van der Waals surface area contributed by atoms with E-state index in [9.17, 15) is 5.11 Å². The van der Waals surface area contributed by atoms with Gasteiger partial charge in [-0.15, -0.1) is 0 Å². The Morgan fingerprint density at radius 3 is 1.78 bits per heavy atom. The van der Waals surface area contributed by atoms with E-state index in [1.54, 1.807) is 0 Å². The van der Waals surface area contributed by atoms with E-state index in [-0.39, 0.29) is 0 Å². The highest BCUT2D eigenvalue weighted by molar-refractivity contribution is 6.30. The van der Waals surface area contributed by atoms with Crippen LogP contribution in [-0.2, 0) is 26.2 Å². The highest BCUT2D eigenvalue weighted by Gasteiger charge is 2.08. The first kappa shape index (κ1) is 30.8. The molecule has 4 rings (SSSR count). The summed E-state index contributed by atoms with van der Waals surface area (Å²) in [5.74, 6) is 0. The van der Waals surface area contributed by atoms with E-state index in [1.165, 1.54) is 11.1 Å². The fourth-order valence-electron chi connectivity index (χ4n) is 4.53. The maximum absolute atomic E-state index is 10.4. The van der Waals surface area contributed by atoms with Gasteiger partial charge in [0.05, 0.1) is 17.5 Å². The lowest BCUT2D eigenvalue weighted by atomic mass is 10.1. The standard InChI is InChI=1S/C33H41ClN6O/c34-30-13-11-29(12-14-30)33(41)15-18-35-23-27-7-9-28(10-8-27)26-40(21-19-36-24-31-5-1-3-16-38-31)22-20-37-25-32-6-2-4-17-39-32/h1-14,16-17,33,35-37,41H,15,18-26H2. The van der Waals surface area contributed by atoms with Gasteiger partial charge in [0.2, 0.25) is 0 Å². The summed E-state index contributed by atoms with van der Waals surface area (Å²) in [7, 11) is 0. The molecule has 0 saturated carbocycles. The summed E-state index contributed by atoms with van der Waals surface area (Å²) in [6, 6.07) is 28.2. The molecule has 2 aromatic carbocycles. The first-order chi connectivity index (χ1) is 20.2. The quantitative estimate of drug-likeness (QED) is 0.128. The van der Waals surface area contributed by atoms with E-state index in [4.69, 9.17) is 11.6 Å². The fraction of sp³-hybridized carbons (Fsp3) is 0.333. The molecule has 0 bridgehead atoms. The van der Waals surface area contributed by atoms with Crippen molar-refractivity contribution >= 4 is 11.6 Å². The molecular formula is C33H41ClN6O. The Kier molecular flexibility index (Phi) is 13.2. The average Bonchev–Trinajstić information content (AvgIpc) is 3.01. The second-order valence-electron chi connectivity index (χ2n) is 10.1. The van der Waals surface area contributed by atoms with Gasteiger partial charge >= 0.3 is 0 Å². The molecule has 1 unspecified atom stereocenters. The van der Waals surface area contributed by atoms with Crippen LogP contribution in [0.3, 0.4) is 0 Å². The van der Waals surface area contributed by atoms with Crippen molar-refractivity contribution in [1.82, 2.24) is 30.8 Å². The van der Waals surface area contributed by atoms with Gasteiger partial charge in [-0.05, 0) is 66.1 Å². The minimum atomic E-state index is -0.495. The number of benzene rings is 2. The summed E-state index contributed by atoms with van der Waals surface area (Å²) >= 11 is 5.94. The van der Waals surface area contributed by atoms with E-state index in [0.29, 0.717) is 11.4 Å². The van der Waals surface area contributed by atoms with Crippen molar-refractivity contribution in [1.29, 1.82) is 0 Å². The van der Waals surface area contributed by atoms with Crippen molar-refractivity contribution in [3.05, 3.63) is 130 Å². The number of rotatable bonds is 18. The van der Waals surface area contributed by atoms with E-state index in [0.717, 1.165) is 75.9 Å². The zero-order chi connectivity index (χ0) is 28.5. The van der Waals surface area contributed by atoms with Crippen LogP contribution in [0.5, 0.6) is 0 Å². The van der Waals surface area contributed by atoms with Gasteiger partial charge < -0.3 is 21.1 Å². The summed E-state index contributed by atoms with van der Waals surface area (Å²) in [4.78, 5) is 11.3. The number of hydrogen-bond acceptors (Lipinski definition) is 7. The molecule has 0 aliphatic rings. The van der Waals surface area contributed by atoms with Crippen LogP contribution in [0.1, 0.15) is 40.6 Å². The Hall–Kier alpha value is -3.17. The summed E-state index contributed by atoms with van der Waals surface area (Å²) in [6.07, 6.45) is 3.82. The highest BCUT2D eigenvalue weighted by atomic mass is 35.5. The van der Waals surface area contributed by atoms with Crippen molar-refractivity contribution in [2.45, 2.75) is 38.7 Å². The Bertz CT molecular complexity index is 1190. The van der Waals surface area contributed by atoms with Crippen LogP contribution in [0.2, 0.25) is 5.02 Å². The van der Waals surface area contributed by atoms with Crippen LogP contribution in [-0.4, -0.2) is 52.7 Å². The lowest BCUT2D eigenvalue weighted by Crippen LogP contribution is -2.36. The van der Waals surface area contributed by atoms with Crippen molar-refractivity contribution < 1.29 is 5.11 Å². The number of nitrogens with zero attached hydrogens (tertiary/aromatic N) is 3. The fourth-order valence-corrected chi connectivity index (χ4v) is 4.65. The third-order valence-corrected chi connectivity index (χ3v) is 7.13. The SMILES string of the molecule is OC(CCNCc1ccc(CN(CCNCc2ccccn2)CCNCc2ccccn2)cc1)c1ccc(Cl)cc1. The molecule has 2 aromatic heterocycles. The second-order valence-corrected chi connectivity index (χ2v) is 10.6. The second kappa shape index (κ2) is 17.6. The molecule has 8 heteroatoms. The minimum Gasteiger partial charge on any atom is -0.388 e. The van der Waals surface area contributed by atoms with Gasteiger partial charge in [-0.25, -0.2) is 0 Å². The van der Waals surface area contributed by atoms with Crippen molar-refractivity contribution in [2.75, 3.05) is 32.7 Å². The zero-order valence-corrected chi connectivity index (χ0v) is 24.3. The summed E-state index contributed by atoms with van der Waals surface area (Å²) < 4.78 is 0. The topological polar surface area (TPSA) is 85.3 Å². The Labute approximate surface area is 249 Å². The number of halogens is 1. The molecule has 4 N–H and O–H groups in total. The molecule has 0 radical (unpaired) electrons. The van der Waals surface area contributed by atoms with Crippen LogP contribution in [0.25, 0.3) is 0 Å². The minimum absolute atomic E-state index is 0.495. The molecule has 0 aliphatic carbocycles. The number of aromatic nitrogens is 2. The molecule has 1 atom stereocenters. The molecule has 41 heavy (non-hydrogen) atoms. The molecule has 0 saturated heterocycles. The largest absolute Gasteiger partial charge is 0.388 e. The Morgan fingerprint density at radius 2 is 1.22 bits per heavy atom. The van der Waals surface area contributed by atoms with Gasteiger partial charge in [-0.1, -0.05) is 60.1 Å². The van der Waals surface area contributed by atoms with Crippen LogP contribution in [0.4, 0.5) is 0 Å². The first-order valence-corrected chi connectivity index (χ1v) is 14.7. The van der Waals surface area contributed by atoms with Crippen LogP contribution >= 0.6 is 11.6 Å². The van der Waals surface area contributed by atoms with Gasteiger partial charge in [-0.3, -0.25) is 14.9 Å². The molecule has 7 nitrogen and oxygen atoms in total. The first-order valence-electron chi connectivity index (χ1n) is 14.3.